The number of thioether (sulfide) groups is 1. The topological polar surface area (TPSA) is 38.8 Å². The zero-order valence-electron chi connectivity index (χ0n) is 17.3. The lowest BCUT2D eigenvalue weighted by Gasteiger charge is -2.15. The molecule has 0 bridgehead atoms. The summed E-state index contributed by atoms with van der Waals surface area (Å²) in [6.07, 6.45) is 1.80. The Labute approximate surface area is 195 Å². The maximum Gasteiger partial charge on any atom is 0.270 e. The predicted octanol–water partition coefficient (Wildman–Crippen LogP) is 6.21. The lowest BCUT2D eigenvalue weighted by Crippen LogP contribution is -2.27. The van der Waals surface area contributed by atoms with Crippen LogP contribution in [0.1, 0.15) is 18.1 Å². The van der Waals surface area contributed by atoms with E-state index >= 15 is 0 Å². The number of thiocarbonyl (C=S) groups is 1. The molecule has 4 nitrogen and oxygen atoms in total. The van der Waals surface area contributed by atoms with Gasteiger partial charge in [0.05, 0.1) is 17.2 Å². The Kier molecular flexibility index (Phi) is 6.87. The van der Waals surface area contributed by atoms with E-state index in [0.29, 0.717) is 33.9 Å². The van der Waals surface area contributed by atoms with Gasteiger partial charge in [-0.3, -0.25) is 9.69 Å². The van der Waals surface area contributed by atoms with Crippen molar-refractivity contribution in [1.82, 2.24) is 0 Å². The van der Waals surface area contributed by atoms with Crippen molar-refractivity contribution in [2.24, 2.45) is 0 Å². The lowest BCUT2D eigenvalue weighted by atomic mass is 10.2. The second kappa shape index (κ2) is 9.97. The van der Waals surface area contributed by atoms with E-state index in [2.05, 4.69) is 0 Å². The molecular formula is C25H20FNO3S2. The zero-order valence-corrected chi connectivity index (χ0v) is 18.9. The summed E-state index contributed by atoms with van der Waals surface area (Å²) in [6, 6.07) is 20.9. The fourth-order valence-corrected chi connectivity index (χ4v) is 4.44. The molecule has 0 radical (unpaired) electrons. The second-order valence-corrected chi connectivity index (χ2v) is 8.61. The Bertz CT molecular complexity index is 1160. The third kappa shape index (κ3) is 5.18. The first-order chi connectivity index (χ1) is 15.5. The number of rotatable bonds is 7. The largest absolute Gasteiger partial charge is 0.494 e. The van der Waals surface area contributed by atoms with Crippen LogP contribution < -0.4 is 14.4 Å². The molecule has 0 unspecified atom stereocenters. The summed E-state index contributed by atoms with van der Waals surface area (Å²) in [7, 11) is 0. The molecule has 3 aromatic carbocycles. The van der Waals surface area contributed by atoms with E-state index in [-0.39, 0.29) is 11.7 Å². The minimum Gasteiger partial charge on any atom is -0.494 e. The van der Waals surface area contributed by atoms with Gasteiger partial charge in [-0.05, 0) is 72.7 Å². The normalized spacial score (nSPS) is 14.8. The first-order valence-electron chi connectivity index (χ1n) is 10.0. The van der Waals surface area contributed by atoms with Gasteiger partial charge in [0, 0.05) is 0 Å². The van der Waals surface area contributed by atoms with Crippen molar-refractivity contribution in [2.45, 2.75) is 13.5 Å². The minimum atomic E-state index is -0.279. The van der Waals surface area contributed by atoms with Gasteiger partial charge in [-0.1, -0.05) is 48.2 Å². The summed E-state index contributed by atoms with van der Waals surface area (Å²) < 4.78 is 24.8. The summed E-state index contributed by atoms with van der Waals surface area (Å²) >= 11 is 6.72. The SMILES string of the molecule is CCOc1ccc(N2C(=O)/C(=C\c3cccc(OCc4ccc(F)cc4)c3)SC2=S)cc1. The monoisotopic (exact) mass is 465 g/mol. The molecule has 1 amide bonds. The van der Waals surface area contributed by atoms with Gasteiger partial charge in [-0.2, -0.15) is 0 Å². The van der Waals surface area contributed by atoms with Crippen molar-refractivity contribution in [3.8, 4) is 11.5 Å². The molecular weight excluding hydrogens is 445 g/mol. The molecule has 1 heterocycles. The number of benzene rings is 3. The Morgan fingerprint density at radius 2 is 1.75 bits per heavy atom. The van der Waals surface area contributed by atoms with Crippen LogP contribution in [-0.4, -0.2) is 16.8 Å². The molecule has 3 aromatic rings. The van der Waals surface area contributed by atoms with Gasteiger partial charge in [0.15, 0.2) is 4.32 Å². The van der Waals surface area contributed by atoms with Crippen LogP contribution in [0.25, 0.3) is 6.08 Å². The molecule has 1 aliphatic rings. The Balaban J connectivity index is 1.47. The summed E-state index contributed by atoms with van der Waals surface area (Å²) in [5.74, 6) is 0.958. The number of ether oxygens (including phenoxy) is 2. The molecule has 1 aliphatic heterocycles. The maximum atomic E-state index is 13.0. The molecule has 1 fully saturated rings. The highest BCUT2D eigenvalue weighted by atomic mass is 32.2. The fourth-order valence-electron chi connectivity index (χ4n) is 3.14. The minimum absolute atomic E-state index is 0.165. The average molecular weight is 466 g/mol. The highest BCUT2D eigenvalue weighted by molar-refractivity contribution is 8.27. The molecule has 1 saturated heterocycles. The molecule has 32 heavy (non-hydrogen) atoms. The molecule has 0 N–H and O–H groups in total. The summed E-state index contributed by atoms with van der Waals surface area (Å²) in [4.78, 5) is 15.1. The van der Waals surface area contributed by atoms with Crippen LogP contribution in [0.2, 0.25) is 0 Å². The molecule has 0 spiro atoms. The molecule has 4 rings (SSSR count). The number of hydrogen-bond acceptors (Lipinski definition) is 5. The van der Waals surface area contributed by atoms with Crippen LogP contribution in [0.4, 0.5) is 10.1 Å². The molecule has 7 heteroatoms. The molecule has 0 aliphatic carbocycles. The summed E-state index contributed by atoms with van der Waals surface area (Å²) in [5, 5.41) is 0. The number of hydrogen-bond donors (Lipinski definition) is 0. The molecule has 0 atom stereocenters. The van der Waals surface area contributed by atoms with Crippen molar-refractivity contribution >= 4 is 46.0 Å². The number of amides is 1. The van der Waals surface area contributed by atoms with E-state index in [1.54, 1.807) is 18.2 Å². The van der Waals surface area contributed by atoms with Crippen LogP contribution in [0.5, 0.6) is 11.5 Å². The van der Waals surface area contributed by atoms with Crippen LogP contribution >= 0.6 is 24.0 Å². The van der Waals surface area contributed by atoms with Gasteiger partial charge in [-0.15, -0.1) is 0 Å². The second-order valence-electron chi connectivity index (χ2n) is 6.93. The highest BCUT2D eigenvalue weighted by Gasteiger charge is 2.33. The lowest BCUT2D eigenvalue weighted by molar-refractivity contribution is -0.113. The summed E-state index contributed by atoms with van der Waals surface area (Å²) in [5.41, 5.74) is 2.40. The number of carbonyl (C=O) groups is 1. The third-order valence-corrected chi connectivity index (χ3v) is 5.98. The predicted molar refractivity (Wildman–Crippen MR) is 130 cm³/mol. The Morgan fingerprint density at radius 1 is 1.00 bits per heavy atom. The van der Waals surface area contributed by atoms with Gasteiger partial charge in [0.1, 0.15) is 23.9 Å². The van der Waals surface area contributed by atoms with Crippen molar-refractivity contribution in [3.05, 3.63) is 94.6 Å². The molecule has 162 valence electrons. The van der Waals surface area contributed by atoms with Gasteiger partial charge < -0.3 is 9.47 Å². The number of carbonyl (C=O) groups excluding carboxylic acids is 1. The van der Waals surface area contributed by atoms with E-state index in [1.807, 2.05) is 55.5 Å². The van der Waals surface area contributed by atoms with Crippen molar-refractivity contribution in [3.63, 3.8) is 0 Å². The van der Waals surface area contributed by atoms with Gasteiger partial charge >= 0.3 is 0 Å². The molecule has 0 saturated carbocycles. The highest BCUT2D eigenvalue weighted by Crippen LogP contribution is 2.36. The van der Waals surface area contributed by atoms with E-state index in [0.717, 1.165) is 16.9 Å². The van der Waals surface area contributed by atoms with Crippen LogP contribution in [0, 0.1) is 5.82 Å². The van der Waals surface area contributed by atoms with Crippen molar-refractivity contribution in [1.29, 1.82) is 0 Å². The number of halogens is 1. The third-order valence-electron chi connectivity index (χ3n) is 4.67. The van der Waals surface area contributed by atoms with Crippen LogP contribution in [-0.2, 0) is 11.4 Å². The van der Waals surface area contributed by atoms with Crippen molar-refractivity contribution < 1.29 is 18.7 Å². The molecule has 0 aromatic heterocycles. The van der Waals surface area contributed by atoms with Crippen LogP contribution in [0.15, 0.2) is 77.7 Å². The quantitative estimate of drug-likeness (QED) is 0.306. The Morgan fingerprint density at radius 3 is 2.47 bits per heavy atom. The van der Waals surface area contributed by atoms with E-state index in [4.69, 9.17) is 21.7 Å². The first kappa shape index (κ1) is 22.0. The standard InChI is InChI=1S/C25H20FNO3S2/c1-2-29-21-12-10-20(11-13-21)27-24(28)23(32-25(27)31)15-18-4-3-5-22(14-18)30-16-17-6-8-19(26)9-7-17/h3-15H,2,16H2,1H3/b23-15+. The van der Waals surface area contributed by atoms with E-state index < -0.39 is 0 Å². The van der Waals surface area contributed by atoms with Gasteiger partial charge in [0.25, 0.3) is 5.91 Å². The average Bonchev–Trinajstić information content (AvgIpc) is 3.07. The number of anilines is 1. The maximum absolute atomic E-state index is 13.0. The van der Waals surface area contributed by atoms with Crippen molar-refractivity contribution in [2.75, 3.05) is 11.5 Å². The van der Waals surface area contributed by atoms with E-state index in [1.165, 1.54) is 28.8 Å². The first-order valence-corrected chi connectivity index (χ1v) is 11.2. The van der Waals surface area contributed by atoms with Gasteiger partial charge in [0.2, 0.25) is 0 Å². The summed E-state index contributed by atoms with van der Waals surface area (Å²) in [6.45, 7) is 2.82. The Hall–Kier alpha value is -3.16. The smallest absolute Gasteiger partial charge is 0.270 e. The van der Waals surface area contributed by atoms with Gasteiger partial charge in [-0.25, -0.2) is 4.39 Å². The zero-order chi connectivity index (χ0) is 22.5. The number of nitrogens with zero attached hydrogens (tertiary/aromatic N) is 1. The van der Waals surface area contributed by atoms with E-state index in [9.17, 15) is 9.18 Å². The fraction of sp³-hybridized carbons (Fsp3) is 0.120. The van der Waals surface area contributed by atoms with Crippen LogP contribution in [0.3, 0.4) is 0 Å².